The molecule has 0 saturated carbocycles. The maximum atomic E-state index is 13.0. The van der Waals surface area contributed by atoms with E-state index in [9.17, 15) is 8.78 Å². The van der Waals surface area contributed by atoms with Crippen molar-refractivity contribution in [1.82, 2.24) is 0 Å². The number of halogens is 4. The van der Waals surface area contributed by atoms with Crippen LogP contribution in [0.15, 0.2) is 24.3 Å². The summed E-state index contributed by atoms with van der Waals surface area (Å²) in [6.07, 6.45) is 0. The molecule has 18 heavy (non-hydrogen) atoms. The Hall–Kier alpha value is -0.840. The van der Waals surface area contributed by atoms with Crippen LogP contribution in [0.5, 0.6) is 0 Å². The van der Waals surface area contributed by atoms with E-state index in [1.54, 1.807) is 6.07 Å². The van der Waals surface area contributed by atoms with Crippen LogP contribution in [0.2, 0.25) is 8.67 Å². The van der Waals surface area contributed by atoms with Gasteiger partial charge < -0.3 is 5.32 Å². The lowest BCUT2D eigenvalue weighted by molar-refractivity contribution is 0.583. The molecule has 1 heterocycles. The predicted molar refractivity (Wildman–Crippen MR) is 72.7 cm³/mol. The Balaban J connectivity index is 2.20. The second-order valence-electron chi connectivity index (χ2n) is 3.80. The van der Waals surface area contributed by atoms with Gasteiger partial charge in [0, 0.05) is 17.3 Å². The quantitative estimate of drug-likeness (QED) is 0.788. The first kappa shape index (κ1) is 13.6. The Morgan fingerprint density at radius 1 is 1.11 bits per heavy atom. The molecule has 0 spiro atoms. The minimum Gasteiger partial charge on any atom is -0.378 e. The van der Waals surface area contributed by atoms with Gasteiger partial charge in [0.15, 0.2) is 0 Å². The monoisotopic (exact) mass is 307 g/mol. The van der Waals surface area contributed by atoms with Crippen molar-refractivity contribution in [2.45, 2.75) is 13.0 Å². The molecular weight excluding hydrogens is 299 g/mol. The Kier molecular flexibility index (Phi) is 4.10. The topological polar surface area (TPSA) is 12.0 Å². The van der Waals surface area contributed by atoms with E-state index in [4.69, 9.17) is 23.2 Å². The zero-order valence-corrected chi connectivity index (χ0v) is 11.6. The number of hydrogen-bond donors (Lipinski definition) is 1. The molecular formula is C12H9Cl2F2NS. The largest absolute Gasteiger partial charge is 0.378 e. The van der Waals surface area contributed by atoms with Gasteiger partial charge in [-0.3, -0.25) is 0 Å². The van der Waals surface area contributed by atoms with Gasteiger partial charge in [-0.15, -0.1) is 11.3 Å². The minimum absolute atomic E-state index is 0.192. The molecule has 1 aromatic carbocycles. The second kappa shape index (κ2) is 5.43. The summed E-state index contributed by atoms with van der Waals surface area (Å²) < 4.78 is 27.2. The van der Waals surface area contributed by atoms with Gasteiger partial charge in [0.05, 0.1) is 14.7 Å². The molecule has 0 amide bonds. The highest BCUT2D eigenvalue weighted by molar-refractivity contribution is 7.20. The van der Waals surface area contributed by atoms with E-state index in [1.807, 2.05) is 6.92 Å². The Morgan fingerprint density at radius 3 is 2.22 bits per heavy atom. The van der Waals surface area contributed by atoms with Crippen molar-refractivity contribution in [3.8, 4) is 0 Å². The maximum Gasteiger partial charge on any atom is 0.128 e. The van der Waals surface area contributed by atoms with Crippen LogP contribution in [-0.2, 0) is 0 Å². The van der Waals surface area contributed by atoms with Gasteiger partial charge in [-0.2, -0.15) is 0 Å². The maximum absolute atomic E-state index is 13.0. The molecule has 1 unspecified atom stereocenters. The first-order chi connectivity index (χ1) is 8.45. The third-order valence-electron chi connectivity index (χ3n) is 2.40. The van der Waals surface area contributed by atoms with Crippen molar-refractivity contribution in [2.75, 3.05) is 5.32 Å². The highest BCUT2D eigenvalue weighted by Crippen LogP contribution is 2.36. The Morgan fingerprint density at radius 2 is 1.72 bits per heavy atom. The number of rotatable bonds is 3. The Bertz CT molecular complexity index is 551. The molecule has 0 radical (unpaired) electrons. The lowest BCUT2D eigenvalue weighted by atomic mass is 10.1. The van der Waals surface area contributed by atoms with Crippen molar-refractivity contribution in [3.63, 3.8) is 0 Å². The lowest BCUT2D eigenvalue weighted by Gasteiger charge is -2.14. The van der Waals surface area contributed by atoms with E-state index in [1.165, 1.54) is 23.5 Å². The SMILES string of the molecule is CC(Nc1cc(F)cc(F)c1)c1cc(Cl)sc1Cl. The van der Waals surface area contributed by atoms with Gasteiger partial charge in [0.2, 0.25) is 0 Å². The predicted octanol–water partition coefficient (Wildman–Crippen LogP) is 5.51. The van der Waals surface area contributed by atoms with Gasteiger partial charge >= 0.3 is 0 Å². The summed E-state index contributed by atoms with van der Waals surface area (Å²) in [4.78, 5) is 0. The fourth-order valence-electron chi connectivity index (χ4n) is 1.61. The standard InChI is InChI=1S/C12H9Cl2F2NS/c1-6(10-5-11(13)18-12(10)14)17-9-3-7(15)2-8(16)4-9/h2-6,17H,1H3. The molecule has 6 heteroatoms. The van der Waals surface area contributed by atoms with Crippen molar-refractivity contribution in [1.29, 1.82) is 0 Å². The highest BCUT2D eigenvalue weighted by atomic mass is 35.5. The third kappa shape index (κ3) is 3.13. The molecule has 0 aliphatic heterocycles. The van der Waals surface area contributed by atoms with Crippen LogP contribution in [0, 0.1) is 11.6 Å². The van der Waals surface area contributed by atoms with Crippen LogP contribution in [0.3, 0.4) is 0 Å². The fourth-order valence-corrected chi connectivity index (χ4v) is 3.26. The third-order valence-corrected chi connectivity index (χ3v) is 3.91. The average Bonchev–Trinajstić information content (AvgIpc) is 2.56. The zero-order chi connectivity index (χ0) is 13.3. The molecule has 1 atom stereocenters. The summed E-state index contributed by atoms with van der Waals surface area (Å²) in [6, 6.07) is 4.82. The summed E-state index contributed by atoms with van der Waals surface area (Å²) >= 11 is 13.1. The van der Waals surface area contributed by atoms with Gasteiger partial charge in [-0.25, -0.2) is 8.78 Å². The van der Waals surface area contributed by atoms with Crippen LogP contribution < -0.4 is 5.32 Å². The van der Waals surface area contributed by atoms with E-state index in [-0.39, 0.29) is 6.04 Å². The molecule has 1 nitrogen and oxygen atoms in total. The number of thiophene rings is 1. The minimum atomic E-state index is -0.626. The Labute approximate surface area is 117 Å². The van der Waals surface area contributed by atoms with E-state index in [2.05, 4.69) is 5.32 Å². The normalized spacial score (nSPS) is 12.5. The second-order valence-corrected chi connectivity index (χ2v) is 6.09. The van der Waals surface area contributed by atoms with Gasteiger partial charge in [-0.05, 0) is 25.1 Å². The zero-order valence-electron chi connectivity index (χ0n) is 9.31. The smallest absolute Gasteiger partial charge is 0.128 e. The van der Waals surface area contributed by atoms with Crippen LogP contribution in [-0.4, -0.2) is 0 Å². The van der Waals surface area contributed by atoms with E-state index < -0.39 is 11.6 Å². The number of hydrogen-bond acceptors (Lipinski definition) is 2. The van der Waals surface area contributed by atoms with Crippen molar-refractivity contribution >= 4 is 40.2 Å². The molecule has 0 aliphatic carbocycles. The van der Waals surface area contributed by atoms with Crippen LogP contribution >= 0.6 is 34.5 Å². The van der Waals surface area contributed by atoms with E-state index in [0.717, 1.165) is 11.6 Å². The summed E-state index contributed by atoms with van der Waals surface area (Å²) in [5.74, 6) is -1.25. The summed E-state index contributed by atoms with van der Waals surface area (Å²) in [5.41, 5.74) is 1.16. The van der Waals surface area contributed by atoms with Crippen molar-refractivity contribution < 1.29 is 8.78 Å². The molecule has 2 rings (SSSR count). The molecule has 0 aliphatic rings. The summed E-state index contributed by atoms with van der Waals surface area (Å²) in [6.45, 7) is 1.84. The molecule has 0 bridgehead atoms. The molecule has 0 fully saturated rings. The molecule has 96 valence electrons. The first-order valence-electron chi connectivity index (χ1n) is 5.13. The first-order valence-corrected chi connectivity index (χ1v) is 6.70. The van der Waals surface area contributed by atoms with Gasteiger partial charge in [-0.1, -0.05) is 23.2 Å². The van der Waals surface area contributed by atoms with Crippen LogP contribution in [0.4, 0.5) is 14.5 Å². The van der Waals surface area contributed by atoms with Crippen molar-refractivity contribution in [3.05, 3.63) is 50.1 Å². The number of anilines is 1. The van der Waals surface area contributed by atoms with Gasteiger partial charge in [0.25, 0.3) is 0 Å². The average molecular weight is 308 g/mol. The summed E-state index contributed by atoms with van der Waals surface area (Å²) in [7, 11) is 0. The highest BCUT2D eigenvalue weighted by Gasteiger charge is 2.13. The molecule has 2 aromatic rings. The molecule has 1 N–H and O–H groups in total. The lowest BCUT2D eigenvalue weighted by Crippen LogP contribution is -2.06. The molecule has 0 saturated heterocycles. The van der Waals surface area contributed by atoms with E-state index >= 15 is 0 Å². The fraction of sp³-hybridized carbons (Fsp3) is 0.167. The van der Waals surface area contributed by atoms with Crippen LogP contribution in [0.1, 0.15) is 18.5 Å². The van der Waals surface area contributed by atoms with Gasteiger partial charge in [0.1, 0.15) is 11.6 Å². The van der Waals surface area contributed by atoms with E-state index in [0.29, 0.717) is 14.4 Å². The summed E-state index contributed by atoms with van der Waals surface area (Å²) in [5, 5.41) is 2.98. The number of benzene rings is 1. The number of nitrogens with one attached hydrogen (secondary N) is 1. The van der Waals surface area contributed by atoms with Crippen molar-refractivity contribution in [2.24, 2.45) is 0 Å². The van der Waals surface area contributed by atoms with Crippen LogP contribution in [0.25, 0.3) is 0 Å². The molecule has 1 aromatic heterocycles.